The minimum absolute atomic E-state index is 0.00889. The van der Waals surface area contributed by atoms with E-state index in [1.54, 1.807) is 0 Å². The maximum Gasteiger partial charge on any atom is 0.106 e. The van der Waals surface area contributed by atoms with Crippen molar-refractivity contribution in [2.45, 2.75) is 24.4 Å². The van der Waals surface area contributed by atoms with Crippen molar-refractivity contribution in [3.05, 3.63) is 215 Å². The Balaban J connectivity index is 0.976. The van der Waals surface area contributed by atoms with Crippen LogP contribution in [-0.2, 0) is 0 Å². The molecule has 0 aliphatic carbocycles. The van der Waals surface area contributed by atoms with Crippen LogP contribution in [0.4, 0.5) is 11.4 Å². The molecule has 0 radical (unpaired) electrons. The van der Waals surface area contributed by atoms with Crippen LogP contribution >= 0.6 is 0 Å². The van der Waals surface area contributed by atoms with E-state index >= 15 is 0 Å². The molecule has 0 aromatic heterocycles. The summed E-state index contributed by atoms with van der Waals surface area (Å²) in [6.45, 7) is 0. The van der Waals surface area contributed by atoms with Gasteiger partial charge in [0.05, 0.1) is 12.1 Å². The van der Waals surface area contributed by atoms with Gasteiger partial charge < -0.3 is 10.6 Å². The zero-order valence-corrected chi connectivity index (χ0v) is 29.6. The van der Waals surface area contributed by atoms with E-state index in [9.17, 15) is 0 Å². The molecule has 256 valence electrons. The van der Waals surface area contributed by atoms with Gasteiger partial charge in [0.25, 0.3) is 0 Å². The minimum atomic E-state index is -0.0603. The highest BCUT2D eigenvalue weighted by molar-refractivity contribution is 5.84. The van der Waals surface area contributed by atoms with Crippen LogP contribution < -0.4 is 16.0 Å². The predicted molar refractivity (Wildman–Crippen MR) is 220 cm³/mol. The van der Waals surface area contributed by atoms with Gasteiger partial charge in [0, 0.05) is 11.4 Å². The number of rotatable bonds is 5. The van der Waals surface area contributed by atoms with Gasteiger partial charge in [-0.25, -0.2) is 0 Å². The third-order valence-corrected chi connectivity index (χ3v) is 11.2. The maximum absolute atomic E-state index is 3.97. The second-order valence-electron chi connectivity index (χ2n) is 14.4. The van der Waals surface area contributed by atoms with Gasteiger partial charge in [-0.1, -0.05) is 146 Å². The summed E-state index contributed by atoms with van der Waals surface area (Å²) in [7, 11) is 2.24. The summed E-state index contributed by atoms with van der Waals surface area (Å²) < 4.78 is 0. The molecule has 3 N–H and O–H groups in total. The van der Waals surface area contributed by atoms with Gasteiger partial charge in [-0.05, 0) is 109 Å². The summed E-state index contributed by atoms with van der Waals surface area (Å²) in [5.41, 5.74) is 12.3. The van der Waals surface area contributed by atoms with Crippen LogP contribution in [-0.4, -0.2) is 11.9 Å². The molecule has 2 aliphatic rings. The average Bonchev–Trinajstić information content (AvgIpc) is 3.23. The van der Waals surface area contributed by atoms with E-state index in [4.69, 9.17) is 0 Å². The first-order chi connectivity index (χ1) is 26.2. The summed E-state index contributed by atoms with van der Waals surface area (Å²) in [6, 6.07) is 66.5. The molecule has 0 fully saturated rings. The molecule has 0 amide bonds. The highest BCUT2D eigenvalue weighted by Gasteiger charge is 2.34. The molecule has 8 aromatic rings. The van der Waals surface area contributed by atoms with Gasteiger partial charge in [0.2, 0.25) is 0 Å². The lowest BCUT2D eigenvalue weighted by atomic mass is 9.90. The Kier molecular flexibility index (Phi) is 7.79. The number of anilines is 2. The smallest absolute Gasteiger partial charge is 0.106 e. The second kappa shape index (κ2) is 13.1. The molecule has 0 saturated heterocycles. The molecule has 2 heterocycles. The van der Waals surface area contributed by atoms with Gasteiger partial charge >= 0.3 is 0 Å². The van der Waals surface area contributed by atoms with Gasteiger partial charge in [-0.15, -0.1) is 0 Å². The van der Waals surface area contributed by atoms with E-state index < -0.39 is 0 Å². The van der Waals surface area contributed by atoms with Crippen molar-refractivity contribution in [3.63, 3.8) is 0 Å². The lowest BCUT2D eigenvalue weighted by Gasteiger charge is -2.42. The molecular formula is C49H40N4. The quantitative estimate of drug-likeness (QED) is 0.169. The van der Waals surface area contributed by atoms with Crippen LogP contribution in [0, 0.1) is 0 Å². The monoisotopic (exact) mass is 684 g/mol. The summed E-state index contributed by atoms with van der Waals surface area (Å²) in [4.78, 5) is 2.47. The van der Waals surface area contributed by atoms with Crippen LogP contribution in [0.5, 0.6) is 0 Å². The van der Waals surface area contributed by atoms with Crippen molar-refractivity contribution < 1.29 is 0 Å². The Morgan fingerprint density at radius 2 is 0.962 bits per heavy atom. The lowest BCUT2D eigenvalue weighted by molar-refractivity contribution is 0.209. The van der Waals surface area contributed by atoms with Crippen molar-refractivity contribution in [3.8, 4) is 11.1 Å². The summed E-state index contributed by atoms with van der Waals surface area (Å²) >= 11 is 0. The number of fused-ring (bicyclic) bond motifs is 4. The fourth-order valence-electron chi connectivity index (χ4n) is 8.56. The van der Waals surface area contributed by atoms with Crippen LogP contribution in [0.1, 0.15) is 57.8 Å². The first-order valence-electron chi connectivity index (χ1n) is 18.5. The lowest BCUT2D eigenvalue weighted by Crippen LogP contribution is -2.38. The van der Waals surface area contributed by atoms with Crippen LogP contribution in [0.2, 0.25) is 0 Å². The third-order valence-electron chi connectivity index (χ3n) is 11.2. The number of benzene rings is 8. The Hall–Kier alpha value is -6.20. The molecule has 10 rings (SSSR count). The molecule has 4 nitrogen and oxygen atoms in total. The molecule has 53 heavy (non-hydrogen) atoms. The topological polar surface area (TPSA) is 39.3 Å². The Morgan fingerprint density at radius 3 is 1.68 bits per heavy atom. The van der Waals surface area contributed by atoms with Crippen molar-refractivity contribution in [2.75, 3.05) is 17.7 Å². The van der Waals surface area contributed by atoms with E-state index in [1.165, 1.54) is 71.7 Å². The number of hydrogen-bond donors (Lipinski definition) is 3. The molecular weight excluding hydrogens is 645 g/mol. The van der Waals surface area contributed by atoms with Gasteiger partial charge in [0.15, 0.2) is 0 Å². The Morgan fingerprint density at radius 1 is 0.415 bits per heavy atom. The second-order valence-corrected chi connectivity index (χ2v) is 14.4. The summed E-state index contributed by atoms with van der Waals surface area (Å²) in [6.07, 6.45) is -0.0692. The fraction of sp³-hybridized carbons (Fsp3) is 0.102. The van der Waals surface area contributed by atoms with Gasteiger partial charge in [0.1, 0.15) is 12.3 Å². The van der Waals surface area contributed by atoms with E-state index in [0.29, 0.717) is 0 Å². The van der Waals surface area contributed by atoms with Crippen molar-refractivity contribution in [1.29, 1.82) is 0 Å². The molecule has 0 saturated carbocycles. The average molecular weight is 685 g/mol. The van der Waals surface area contributed by atoms with E-state index in [-0.39, 0.29) is 24.4 Å². The van der Waals surface area contributed by atoms with Gasteiger partial charge in [-0.2, -0.15) is 0 Å². The highest BCUT2D eigenvalue weighted by atomic mass is 15.3. The minimum Gasteiger partial charge on any atom is -0.366 e. The third kappa shape index (κ3) is 5.73. The molecule has 2 aliphatic heterocycles. The normalized spacial score (nSPS) is 19.6. The number of hydrogen-bond acceptors (Lipinski definition) is 4. The predicted octanol–water partition coefficient (Wildman–Crippen LogP) is 11.6. The van der Waals surface area contributed by atoms with Crippen LogP contribution in [0.3, 0.4) is 0 Å². The number of para-hydroxylation sites is 2. The van der Waals surface area contributed by atoms with E-state index in [1.807, 2.05) is 0 Å². The van der Waals surface area contributed by atoms with Crippen LogP contribution in [0.15, 0.2) is 182 Å². The standard InChI is InChI=1S/C49H40N4/c1-53-47(39-27-25-33-13-3-5-15-35(33)29-39)43-21-7-9-23-45(43)51-49(53)41-19-11-17-37(31-41)36-16-10-18-40(30-36)48-50-44-22-8-6-20-42(44)46(52-48)38-26-24-32-12-2-4-14-34(32)28-38/h2-31,46-52H,1H3. The van der Waals surface area contributed by atoms with Gasteiger partial charge in [-0.3, -0.25) is 10.2 Å². The Bertz CT molecular complexity index is 2630. The zero-order chi connectivity index (χ0) is 35.3. The summed E-state index contributed by atoms with van der Waals surface area (Å²) in [5.74, 6) is 0. The van der Waals surface area contributed by atoms with E-state index in [0.717, 1.165) is 5.69 Å². The van der Waals surface area contributed by atoms with Crippen molar-refractivity contribution in [2.24, 2.45) is 0 Å². The maximum atomic E-state index is 3.97. The highest BCUT2D eigenvalue weighted by Crippen LogP contribution is 2.44. The molecule has 8 aromatic carbocycles. The number of nitrogens with one attached hydrogen (secondary N) is 3. The van der Waals surface area contributed by atoms with E-state index in [2.05, 4.69) is 210 Å². The van der Waals surface area contributed by atoms with Crippen molar-refractivity contribution in [1.82, 2.24) is 10.2 Å². The molecule has 4 unspecified atom stereocenters. The fourth-order valence-corrected chi connectivity index (χ4v) is 8.56. The number of nitrogens with zero attached hydrogens (tertiary/aromatic N) is 1. The first-order valence-corrected chi connectivity index (χ1v) is 18.5. The molecule has 4 atom stereocenters. The molecule has 4 heteroatoms. The molecule has 0 bridgehead atoms. The Labute approximate surface area is 310 Å². The largest absolute Gasteiger partial charge is 0.366 e. The van der Waals surface area contributed by atoms with Crippen LogP contribution in [0.25, 0.3) is 32.7 Å². The van der Waals surface area contributed by atoms with Crippen molar-refractivity contribution >= 4 is 32.9 Å². The SMILES string of the molecule is CN1C(c2cccc(-c3cccc(C4Nc5ccccc5C(c5ccc6ccccc6c5)N4)c3)c2)Nc2ccccc2C1c1ccc2ccccc2c1. The first kappa shape index (κ1) is 31.5. The summed E-state index contributed by atoms with van der Waals surface area (Å²) in [5, 5.41) is 16.7. The molecule has 0 spiro atoms. The zero-order valence-electron chi connectivity index (χ0n) is 29.6.